The minimum atomic E-state index is -2.77. The Morgan fingerprint density at radius 2 is 2.04 bits per heavy atom. The van der Waals surface area contributed by atoms with Crippen molar-refractivity contribution >= 4 is 25.5 Å². The summed E-state index contributed by atoms with van der Waals surface area (Å²) in [4.78, 5) is 15.3. The molecule has 0 aliphatic carbocycles. The third-order valence-corrected chi connectivity index (χ3v) is 3.66. The van der Waals surface area contributed by atoms with E-state index in [2.05, 4.69) is 4.99 Å². The van der Waals surface area contributed by atoms with E-state index in [9.17, 15) is 13.4 Å². The zero-order valence-corrected chi connectivity index (χ0v) is 12.8. The molecule has 0 saturated carbocycles. The van der Waals surface area contributed by atoms with Gasteiger partial charge in [0.25, 0.3) is 0 Å². The summed E-state index contributed by atoms with van der Waals surface area (Å²) in [6, 6.07) is 8.47. The first-order valence-corrected chi connectivity index (χ1v) is 7.19. The van der Waals surface area contributed by atoms with E-state index < -0.39 is 7.40 Å². The van der Waals surface area contributed by atoms with Gasteiger partial charge in [0.05, 0.1) is 12.8 Å². The Balaban J connectivity index is 2.22. The molecule has 3 rings (SSSR count). The number of aliphatic imine (C=N–C) groups is 1. The van der Waals surface area contributed by atoms with E-state index in [0.29, 0.717) is 28.9 Å². The predicted molar refractivity (Wildman–Crippen MR) is 89.8 cm³/mol. The van der Waals surface area contributed by atoms with Gasteiger partial charge in [0.2, 0.25) is 0 Å². The number of methoxy groups -OCH3 is 1. The molecule has 0 spiro atoms. The minimum absolute atomic E-state index is 0.183. The second-order valence-electron chi connectivity index (χ2n) is 5.09. The fourth-order valence-electron chi connectivity index (χ4n) is 2.56. The molecule has 1 aliphatic rings. The van der Waals surface area contributed by atoms with Crippen molar-refractivity contribution in [3.63, 3.8) is 0 Å². The number of allylic oxidation sites excluding steroid dienone is 2. The van der Waals surface area contributed by atoms with Gasteiger partial charge in [0.1, 0.15) is 5.75 Å². The van der Waals surface area contributed by atoms with Crippen LogP contribution in [0.3, 0.4) is 0 Å². The van der Waals surface area contributed by atoms with Gasteiger partial charge in [-0.05, 0) is 35.9 Å². The molecular formula is C17H13BF2N2O2. The Labute approximate surface area is 138 Å². The Hall–Kier alpha value is -2.96. The Bertz CT molecular complexity index is 838. The SMILES string of the molecule is COc1ccc(/C(=C2\C=CC=N2)c2cc(C=O)cn2B(F)F)cc1. The lowest BCUT2D eigenvalue weighted by Crippen LogP contribution is -2.15. The summed E-state index contributed by atoms with van der Waals surface area (Å²) in [5.41, 5.74) is 2.19. The summed E-state index contributed by atoms with van der Waals surface area (Å²) < 4.78 is 32.7. The van der Waals surface area contributed by atoms with Gasteiger partial charge < -0.3 is 9.21 Å². The van der Waals surface area contributed by atoms with Crippen LogP contribution in [0.2, 0.25) is 0 Å². The van der Waals surface area contributed by atoms with E-state index in [1.807, 2.05) is 0 Å². The lowest BCUT2D eigenvalue weighted by atomic mass is 9.98. The maximum Gasteiger partial charge on any atom is 0.677 e. The van der Waals surface area contributed by atoms with Crippen molar-refractivity contribution in [1.82, 2.24) is 4.48 Å². The van der Waals surface area contributed by atoms with Crippen LogP contribution in [0.15, 0.2) is 59.4 Å². The van der Waals surface area contributed by atoms with Crippen LogP contribution < -0.4 is 4.74 Å². The van der Waals surface area contributed by atoms with Gasteiger partial charge in [-0.1, -0.05) is 12.1 Å². The molecule has 0 N–H and O–H groups in total. The maximum atomic E-state index is 13.4. The fraction of sp³-hybridized carbons (Fsp3) is 0.0588. The summed E-state index contributed by atoms with van der Waals surface area (Å²) in [6.45, 7) is 0. The second-order valence-corrected chi connectivity index (χ2v) is 5.09. The van der Waals surface area contributed by atoms with Crippen LogP contribution in [0.25, 0.3) is 5.57 Å². The van der Waals surface area contributed by atoms with Gasteiger partial charge in [0.15, 0.2) is 6.29 Å². The van der Waals surface area contributed by atoms with Crippen molar-refractivity contribution in [1.29, 1.82) is 0 Å². The Kier molecular flexibility index (Phi) is 4.42. The molecular weight excluding hydrogens is 313 g/mol. The van der Waals surface area contributed by atoms with Crippen LogP contribution in [0.1, 0.15) is 21.6 Å². The largest absolute Gasteiger partial charge is 0.677 e. The molecule has 120 valence electrons. The Morgan fingerprint density at radius 3 is 2.58 bits per heavy atom. The first kappa shape index (κ1) is 15.9. The van der Waals surface area contributed by atoms with Gasteiger partial charge in [-0.25, -0.2) is 0 Å². The van der Waals surface area contributed by atoms with Crippen molar-refractivity contribution in [2.75, 3.05) is 7.11 Å². The van der Waals surface area contributed by atoms with Crippen molar-refractivity contribution in [2.45, 2.75) is 0 Å². The van der Waals surface area contributed by atoms with Gasteiger partial charge in [-0.15, -0.1) is 0 Å². The third kappa shape index (κ3) is 2.93. The highest BCUT2D eigenvalue weighted by molar-refractivity contribution is 6.41. The zero-order chi connectivity index (χ0) is 17.1. The number of aldehydes is 1. The average molecular weight is 326 g/mol. The molecule has 2 heterocycles. The van der Waals surface area contributed by atoms with Crippen molar-refractivity contribution < 1.29 is 18.2 Å². The number of hydrogen-bond donors (Lipinski definition) is 0. The molecule has 0 fully saturated rings. The number of nitrogens with zero attached hydrogens (tertiary/aromatic N) is 2. The number of ether oxygens (including phenoxy) is 1. The molecule has 1 aromatic carbocycles. The number of halogens is 2. The van der Waals surface area contributed by atoms with E-state index >= 15 is 0 Å². The van der Waals surface area contributed by atoms with Crippen LogP contribution in [0.5, 0.6) is 5.75 Å². The van der Waals surface area contributed by atoms with Crippen molar-refractivity contribution in [3.8, 4) is 5.75 Å². The summed E-state index contributed by atoms with van der Waals surface area (Å²) >= 11 is 0. The van der Waals surface area contributed by atoms with E-state index in [1.165, 1.54) is 6.07 Å². The highest BCUT2D eigenvalue weighted by Gasteiger charge is 2.25. The summed E-state index contributed by atoms with van der Waals surface area (Å²) in [5, 5.41) is 0. The van der Waals surface area contributed by atoms with E-state index in [1.54, 1.807) is 49.7 Å². The fourth-order valence-corrected chi connectivity index (χ4v) is 2.56. The number of rotatable bonds is 5. The molecule has 1 aromatic heterocycles. The van der Waals surface area contributed by atoms with E-state index in [4.69, 9.17) is 4.74 Å². The quantitative estimate of drug-likeness (QED) is 0.624. The maximum absolute atomic E-state index is 13.4. The molecule has 7 heteroatoms. The van der Waals surface area contributed by atoms with Crippen LogP contribution in [0, 0.1) is 0 Å². The molecule has 0 radical (unpaired) electrons. The Morgan fingerprint density at radius 1 is 1.29 bits per heavy atom. The smallest absolute Gasteiger partial charge is 0.497 e. The molecule has 0 saturated heterocycles. The molecule has 1 aliphatic heterocycles. The standard InChI is InChI=1S/C17H13BF2N2O2/c1-24-14-6-4-13(5-7-14)17(15-3-2-8-21-15)16-9-12(11-23)10-22(16)18(19)20/h2-11H,1H3/b17-15-. The summed E-state index contributed by atoms with van der Waals surface area (Å²) in [6.07, 6.45) is 6.75. The first-order valence-electron chi connectivity index (χ1n) is 7.19. The first-order chi connectivity index (χ1) is 11.6. The highest BCUT2D eigenvalue weighted by atomic mass is 19.2. The van der Waals surface area contributed by atoms with E-state index in [0.717, 1.165) is 10.7 Å². The topological polar surface area (TPSA) is 43.6 Å². The second kappa shape index (κ2) is 6.66. The molecule has 0 amide bonds. The molecule has 0 atom stereocenters. The van der Waals surface area contributed by atoms with Crippen molar-refractivity contribution in [2.24, 2.45) is 4.99 Å². The number of aromatic nitrogens is 1. The molecule has 2 aromatic rings. The van der Waals surface area contributed by atoms with Gasteiger partial charge in [-0.2, -0.15) is 0 Å². The predicted octanol–water partition coefficient (Wildman–Crippen LogP) is 3.48. The van der Waals surface area contributed by atoms with Gasteiger partial charge >= 0.3 is 7.40 Å². The molecule has 24 heavy (non-hydrogen) atoms. The van der Waals surface area contributed by atoms with Crippen LogP contribution in [0.4, 0.5) is 8.63 Å². The van der Waals surface area contributed by atoms with E-state index in [-0.39, 0.29) is 11.3 Å². The lowest BCUT2D eigenvalue weighted by Gasteiger charge is -2.13. The summed E-state index contributed by atoms with van der Waals surface area (Å²) in [7, 11) is -1.21. The number of carbonyl (C=O) groups is 1. The molecule has 4 nitrogen and oxygen atoms in total. The number of carbonyl (C=O) groups excluding carboxylic acids is 1. The lowest BCUT2D eigenvalue weighted by molar-refractivity contribution is 0.112. The summed E-state index contributed by atoms with van der Waals surface area (Å²) in [5.74, 6) is 0.659. The van der Waals surface area contributed by atoms with Gasteiger partial charge in [0, 0.05) is 29.2 Å². The average Bonchev–Trinajstić information content (AvgIpc) is 3.26. The third-order valence-electron chi connectivity index (χ3n) is 3.66. The van der Waals surface area contributed by atoms with Crippen LogP contribution >= 0.6 is 0 Å². The normalized spacial score (nSPS) is 14.8. The zero-order valence-electron chi connectivity index (χ0n) is 12.8. The molecule has 0 bridgehead atoms. The molecule has 0 unspecified atom stereocenters. The van der Waals surface area contributed by atoms with Gasteiger partial charge in [-0.3, -0.25) is 18.4 Å². The highest BCUT2D eigenvalue weighted by Crippen LogP contribution is 2.32. The van der Waals surface area contributed by atoms with Crippen LogP contribution in [-0.4, -0.2) is 31.5 Å². The van der Waals surface area contributed by atoms with Crippen LogP contribution in [-0.2, 0) is 0 Å². The number of benzene rings is 1. The monoisotopic (exact) mass is 326 g/mol. The van der Waals surface area contributed by atoms with Crippen molar-refractivity contribution in [3.05, 3.63) is 71.2 Å². The minimum Gasteiger partial charge on any atom is -0.497 e. The number of hydrogen-bond acceptors (Lipinski definition) is 3.